The van der Waals surface area contributed by atoms with Gasteiger partial charge in [-0.3, -0.25) is 0 Å². The van der Waals surface area contributed by atoms with Crippen LogP contribution in [0, 0.1) is 0 Å². The zero-order valence-corrected chi connectivity index (χ0v) is 10.2. The van der Waals surface area contributed by atoms with Gasteiger partial charge < -0.3 is 11.5 Å². The Hall–Kier alpha value is 0.200. The predicted molar refractivity (Wildman–Crippen MR) is 64.6 cm³/mol. The molecule has 0 fully saturated rings. The van der Waals surface area contributed by atoms with Crippen LogP contribution in [0.5, 0.6) is 0 Å². The maximum atomic E-state index is 5.74. The minimum Gasteiger partial charge on any atom is -0.329 e. The lowest BCUT2D eigenvalue weighted by Crippen LogP contribution is -2.20. The van der Waals surface area contributed by atoms with Crippen LogP contribution in [0.1, 0.15) is 11.6 Å². The highest BCUT2D eigenvalue weighted by molar-refractivity contribution is 9.10. The van der Waals surface area contributed by atoms with E-state index in [4.69, 9.17) is 11.5 Å². The average Bonchev–Trinajstić information content (AvgIpc) is 2.04. The van der Waals surface area contributed by atoms with E-state index >= 15 is 0 Å². The molecule has 0 saturated heterocycles. The summed E-state index contributed by atoms with van der Waals surface area (Å²) in [6, 6.07) is 7.78. The molecule has 76 valence electrons. The van der Waals surface area contributed by atoms with Crippen LogP contribution in [0.25, 0.3) is 0 Å². The van der Waals surface area contributed by atoms with Crippen molar-refractivity contribution < 1.29 is 0 Å². The maximum Gasteiger partial charge on any atom is 0.0430 e. The molecule has 5 heteroatoms. The summed E-state index contributed by atoms with van der Waals surface area (Å²) in [7, 11) is 0. The van der Waals surface area contributed by atoms with Crippen molar-refractivity contribution in [3.63, 3.8) is 0 Å². The first-order valence-electron chi connectivity index (χ1n) is 3.45. The molecular formula is C8H13BrCl2N2. The van der Waals surface area contributed by atoms with Crippen LogP contribution in [-0.2, 0) is 0 Å². The van der Waals surface area contributed by atoms with E-state index in [1.807, 2.05) is 24.3 Å². The lowest BCUT2D eigenvalue weighted by molar-refractivity contribution is 0.733. The number of hydrogen-bond donors (Lipinski definition) is 2. The first-order chi connectivity index (χ1) is 5.25. The lowest BCUT2D eigenvalue weighted by Gasteiger charge is -2.10. The first-order valence-corrected chi connectivity index (χ1v) is 4.25. The van der Waals surface area contributed by atoms with Crippen LogP contribution in [0.15, 0.2) is 28.7 Å². The summed E-state index contributed by atoms with van der Waals surface area (Å²) in [4.78, 5) is 0. The van der Waals surface area contributed by atoms with Gasteiger partial charge in [0, 0.05) is 17.1 Å². The Morgan fingerprint density at radius 2 is 1.77 bits per heavy atom. The highest BCUT2D eigenvalue weighted by atomic mass is 79.9. The Bertz CT molecular complexity index is 245. The molecular weight excluding hydrogens is 275 g/mol. The smallest absolute Gasteiger partial charge is 0.0430 e. The van der Waals surface area contributed by atoms with E-state index in [-0.39, 0.29) is 30.9 Å². The highest BCUT2D eigenvalue weighted by Crippen LogP contribution is 2.20. The van der Waals surface area contributed by atoms with Gasteiger partial charge in [-0.2, -0.15) is 0 Å². The van der Waals surface area contributed by atoms with Crippen LogP contribution >= 0.6 is 40.7 Å². The molecule has 4 N–H and O–H groups in total. The molecule has 0 saturated carbocycles. The number of halogens is 3. The van der Waals surface area contributed by atoms with E-state index < -0.39 is 0 Å². The third kappa shape index (κ3) is 4.29. The molecule has 0 heterocycles. The van der Waals surface area contributed by atoms with Crippen LogP contribution in [0.4, 0.5) is 0 Å². The second kappa shape index (κ2) is 7.59. The predicted octanol–water partition coefficient (Wildman–Crippen LogP) is 2.25. The van der Waals surface area contributed by atoms with Crippen molar-refractivity contribution in [1.82, 2.24) is 0 Å². The minimum atomic E-state index is -0.0643. The van der Waals surface area contributed by atoms with Crippen molar-refractivity contribution in [1.29, 1.82) is 0 Å². The van der Waals surface area contributed by atoms with Gasteiger partial charge in [0.15, 0.2) is 0 Å². The van der Waals surface area contributed by atoms with E-state index in [9.17, 15) is 0 Å². The Labute approximate surface area is 99.0 Å². The van der Waals surface area contributed by atoms with Gasteiger partial charge in [-0.25, -0.2) is 0 Å². The highest BCUT2D eigenvalue weighted by Gasteiger charge is 2.05. The zero-order chi connectivity index (χ0) is 8.27. The fourth-order valence-corrected chi connectivity index (χ4v) is 1.48. The van der Waals surface area contributed by atoms with E-state index in [0.717, 1.165) is 10.0 Å². The van der Waals surface area contributed by atoms with E-state index in [0.29, 0.717) is 6.54 Å². The number of hydrogen-bond acceptors (Lipinski definition) is 2. The molecule has 0 aliphatic rings. The molecule has 0 amide bonds. The Balaban J connectivity index is 0. The number of rotatable bonds is 2. The lowest BCUT2D eigenvalue weighted by atomic mass is 10.1. The fraction of sp³-hybridized carbons (Fsp3) is 0.250. The Kier molecular flexibility index (Phi) is 9.14. The second-order valence-corrected chi connectivity index (χ2v) is 3.22. The molecule has 13 heavy (non-hydrogen) atoms. The Morgan fingerprint density at radius 1 is 1.23 bits per heavy atom. The largest absolute Gasteiger partial charge is 0.329 e. The topological polar surface area (TPSA) is 52.0 Å². The Morgan fingerprint density at radius 3 is 2.23 bits per heavy atom. The summed E-state index contributed by atoms with van der Waals surface area (Å²) >= 11 is 3.40. The standard InChI is InChI=1S/C8H11BrN2.2ClH/c9-7-4-2-1-3-6(7)8(11)5-10;;/h1-4,8H,5,10-11H2;2*1H/t8-;;/m0../s1. The molecule has 1 aromatic rings. The summed E-state index contributed by atoms with van der Waals surface area (Å²) in [6.07, 6.45) is 0. The van der Waals surface area contributed by atoms with Crippen LogP contribution < -0.4 is 11.5 Å². The van der Waals surface area contributed by atoms with Crippen molar-refractivity contribution in [2.75, 3.05) is 6.54 Å². The van der Waals surface area contributed by atoms with Gasteiger partial charge in [-0.15, -0.1) is 24.8 Å². The monoisotopic (exact) mass is 286 g/mol. The van der Waals surface area contributed by atoms with E-state index in [1.165, 1.54) is 0 Å². The number of benzene rings is 1. The summed E-state index contributed by atoms with van der Waals surface area (Å²) in [5.74, 6) is 0. The van der Waals surface area contributed by atoms with Gasteiger partial charge >= 0.3 is 0 Å². The normalized spacial score (nSPS) is 11.0. The maximum absolute atomic E-state index is 5.74. The molecule has 1 rings (SSSR count). The van der Waals surface area contributed by atoms with Gasteiger partial charge in [-0.1, -0.05) is 34.1 Å². The van der Waals surface area contributed by atoms with Crippen LogP contribution in [0.3, 0.4) is 0 Å². The van der Waals surface area contributed by atoms with E-state index in [1.54, 1.807) is 0 Å². The van der Waals surface area contributed by atoms with Crippen molar-refractivity contribution in [2.24, 2.45) is 11.5 Å². The van der Waals surface area contributed by atoms with Gasteiger partial charge in [-0.05, 0) is 11.6 Å². The van der Waals surface area contributed by atoms with Crippen molar-refractivity contribution in [2.45, 2.75) is 6.04 Å². The minimum absolute atomic E-state index is 0. The fourth-order valence-electron chi connectivity index (χ4n) is 0.903. The first kappa shape index (κ1) is 15.7. The van der Waals surface area contributed by atoms with Crippen LogP contribution in [-0.4, -0.2) is 6.54 Å². The molecule has 0 aliphatic carbocycles. The van der Waals surface area contributed by atoms with Crippen LogP contribution in [0.2, 0.25) is 0 Å². The summed E-state index contributed by atoms with van der Waals surface area (Å²) in [5.41, 5.74) is 12.2. The molecule has 0 bridgehead atoms. The molecule has 0 aliphatic heterocycles. The van der Waals surface area contributed by atoms with Crippen molar-refractivity contribution in [3.8, 4) is 0 Å². The van der Waals surface area contributed by atoms with Gasteiger partial charge in [0.25, 0.3) is 0 Å². The number of nitrogens with two attached hydrogens (primary N) is 2. The molecule has 2 nitrogen and oxygen atoms in total. The molecule has 0 spiro atoms. The van der Waals surface area contributed by atoms with E-state index in [2.05, 4.69) is 15.9 Å². The molecule has 1 atom stereocenters. The quantitative estimate of drug-likeness (QED) is 0.877. The summed E-state index contributed by atoms with van der Waals surface area (Å²) in [5, 5.41) is 0. The van der Waals surface area contributed by atoms with Gasteiger partial charge in [0.2, 0.25) is 0 Å². The molecule has 0 radical (unpaired) electrons. The summed E-state index contributed by atoms with van der Waals surface area (Å²) in [6.45, 7) is 0.475. The molecule has 1 aromatic carbocycles. The SMILES string of the molecule is Cl.Cl.NC[C@H](N)c1ccccc1Br. The molecule has 0 unspecified atom stereocenters. The van der Waals surface area contributed by atoms with Crippen molar-refractivity contribution >= 4 is 40.7 Å². The van der Waals surface area contributed by atoms with Gasteiger partial charge in [0.05, 0.1) is 0 Å². The third-order valence-electron chi connectivity index (χ3n) is 1.56. The average molecular weight is 288 g/mol. The zero-order valence-electron chi connectivity index (χ0n) is 6.94. The second-order valence-electron chi connectivity index (χ2n) is 2.36. The molecule has 0 aromatic heterocycles. The van der Waals surface area contributed by atoms with Gasteiger partial charge in [0.1, 0.15) is 0 Å². The third-order valence-corrected chi connectivity index (χ3v) is 2.28. The summed E-state index contributed by atoms with van der Waals surface area (Å²) < 4.78 is 1.03. The van der Waals surface area contributed by atoms with Crippen molar-refractivity contribution in [3.05, 3.63) is 34.3 Å².